The number of para-hydroxylation sites is 2. The first-order valence-corrected chi connectivity index (χ1v) is 10.9. The number of fused-ring (bicyclic) bond motifs is 1. The first kappa shape index (κ1) is 20.1. The minimum atomic E-state index is -4.12. The van der Waals surface area contributed by atoms with Gasteiger partial charge in [0.1, 0.15) is 11.6 Å². The van der Waals surface area contributed by atoms with Gasteiger partial charge in [-0.25, -0.2) is 13.1 Å². The van der Waals surface area contributed by atoms with Crippen molar-refractivity contribution in [2.45, 2.75) is 31.4 Å². The molecule has 0 saturated heterocycles. The summed E-state index contributed by atoms with van der Waals surface area (Å²) in [5.74, 6) is -1.52. The van der Waals surface area contributed by atoms with Crippen LogP contribution in [0.1, 0.15) is 19.3 Å². The van der Waals surface area contributed by atoms with Crippen molar-refractivity contribution in [1.82, 2.24) is 5.32 Å². The van der Waals surface area contributed by atoms with Crippen LogP contribution in [0.2, 0.25) is 0 Å². The zero-order valence-corrected chi connectivity index (χ0v) is 16.8. The first-order chi connectivity index (χ1) is 13.9. The van der Waals surface area contributed by atoms with E-state index in [0.29, 0.717) is 30.4 Å². The molecular weight excluding hydrogens is 400 g/mol. The molecule has 0 unspecified atom stereocenters. The van der Waals surface area contributed by atoms with Crippen LogP contribution in [0.15, 0.2) is 42.5 Å². The van der Waals surface area contributed by atoms with Gasteiger partial charge in [-0.05, 0) is 43.5 Å². The van der Waals surface area contributed by atoms with Crippen molar-refractivity contribution in [1.29, 1.82) is 0 Å². The second-order valence-corrected chi connectivity index (χ2v) is 8.96. The third-order valence-corrected chi connectivity index (χ3v) is 7.00. The van der Waals surface area contributed by atoms with Gasteiger partial charge in [-0.15, -0.1) is 0 Å². The van der Waals surface area contributed by atoms with Gasteiger partial charge in [0.05, 0.1) is 23.2 Å². The number of rotatable bonds is 8. The van der Waals surface area contributed by atoms with Gasteiger partial charge in [0.2, 0.25) is 0 Å². The molecule has 2 aromatic rings. The Kier molecular flexibility index (Phi) is 5.46. The smallest absolute Gasteiger partial charge is 0.331 e. The predicted octanol–water partition coefficient (Wildman–Crippen LogP) is 3.32. The SMILES string of the molecule is CO[C@@H](CCN1c2ccccc2N(c2cc(F)ccc2F)S1(=O)=O)CNC1CC1. The summed E-state index contributed by atoms with van der Waals surface area (Å²) in [5.41, 5.74) is 0.391. The molecule has 0 bridgehead atoms. The van der Waals surface area contributed by atoms with E-state index in [1.807, 2.05) is 0 Å². The summed E-state index contributed by atoms with van der Waals surface area (Å²) in [4.78, 5) is 0. The number of methoxy groups -OCH3 is 1. The van der Waals surface area contributed by atoms with E-state index in [0.717, 1.165) is 35.3 Å². The highest BCUT2D eigenvalue weighted by atomic mass is 32.2. The van der Waals surface area contributed by atoms with E-state index in [-0.39, 0.29) is 18.3 Å². The number of benzene rings is 2. The van der Waals surface area contributed by atoms with Gasteiger partial charge in [0.15, 0.2) is 0 Å². The van der Waals surface area contributed by atoms with Gasteiger partial charge >= 0.3 is 10.2 Å². The fourth-order valence-corrected chi connectivity index (χ4v) is 5.20. The van der Waals surface area contributed by atoms with Crippen LogP contribution in [0.5, 0.6) is 0 Å². The molecule has 4 rings (SSSR count). The minimum Gasteiger partial charge on any atom is -0.380 e. The van der Waals surface area contributed by atoms with Crippen molar-refractivity contribution in [3.05, 3.63) is 54.1 Å². The van der Waals surface area contributed by atoms with Crippen molar-refractivity contribution < 1.29 is 21.9 Å². The third-order valence-electron chi connectivity index (χ3n) is 5.20. The van der Waals surface area contributed by atoms with Gasteiger partial charge in [-0.1, -0.05) is 12.1 Å². The zero-order chi connectivity index (χ0) is 20.6. The van der Waals surface area contributed by atoms with Crippen LogP contribution < -0.4 is 13.9 Å². The van der Waals surface area contributed by atoms with Crippen molar-refractivity contribution in [2.75, 3.05) is 28.8 Å². The lowest BCUT2D eigenvalue weighted by Gasteiger charge is -2.24. The fraction of sp³-hybridized carbons (Fsp3) is 0.400. The summed E-state index contributed by atoms with van der Waals surface area (Å²) >= 11 is 0. The van der Waals surface area contributed by atoms with E-state index in [4.69, 9.17) is 4.74 Å². The average Bonchev–Trinajstić information content (AvgIpc) is 3.49. The molecule has 6 nitrogen and oxygen atoms in total. The molecule has 1 saturated carbocycles. The summed E-state index contributed by atoms with van der Waals surface area (Å²) in [7, 11) is -2.52. The van der Waals surface area contributed by atoms with Crippen LogP contribution in [0.4, 0.5) is 25.8 Å². The topological polar surface area (TPSA) is 61.9 Å². The number of nitrogens with one attached hydrogen (secondary N) is 1. The standard InChI is InChI=1S/C20H23F2N3O3S/c1-28-16(13-23-15-7-8-15)10-11-24-18-4-2-3-5-19(18)25(29(24,26)27)20-12-14(21)6-9-17(20)22/h2-6,9,12,15-16,23H,7-8,10-11,13H2,1H3/t16-/m0/s1. The molecule has 156 valence electrons. The molecule has 0 aromatic heterocycles. The zero-order valence-electron chi connectivity index (χ0n) is 16.0. The summed E-state index contributed by atoms with van der Waals surface area (Å²) < 4.78 is 62.3. The molecule has 9 heteroatoms. The maximum Gasteiger partial charge on any atom is 0.331 e. The number of halogens is 2. The molecule has 1 N–H and O–H groups in total. The van der Waals surface area contributed by atoms with Crippen molar-refractivity contribution in [3.8, 4) is 0 Å². The quantitative estimate of drug-likeness (QED) is 0.708. The van der Waals surface area contributed by atoms with Crippen LogP contribution in [0.3, 0.4) is 0 Å². The molecule has 2 aliphatic rings. The van der Waals surface area contributed by atoms with Gasteiger partial charge < -0.3 is 10.1 Å². The summed E-state index contributed by atoms with van der Waals surface area (Å²) in [6, 6.07) is 9.93. The number of ether oxygens (including phenoxy) is 1. The highest BCUT2D eigenvalue weighted by Gasteiger charge is 2.42. The molecule has 2 aromatic carbocycles. The first-order valence-electron chi connectivity index (χ1n) is 9.55. The lowest BCUT2D eigenvalue weighted by Crippen LogP contribution is -2.39. The second-order valence-electron chi connectivity index (χ2n) is 7.26. The molecule has 1 atom stereocenters. The Labute approximate surface area is 169 Å². The summed E-state index contributed by atoms with van der Waals surface area (Å²) in [6.45, 7) is 0.802. The fourth-order valence-electron chi connectivity index (χ4n) is 3.48. The van der Waals surface area contributed by atoms with Crippen molar-refractivity contribution in [2.24, 2.45) is 0 Å². The highest BCUT2D eigenvalue weighted by Crippen LogP contribution is 2.46. The lowest BCUT2D eigenvalue weighted by molar-refractivity contribution is 0.0964. The summed E-state index contributed by atoms with van der Waals surface area (Å²) in [5, 5.41) is 3.38. The normalized spacial score (nSPS) is 18.7. The Bertz CT molecular complexity index is 998. The monoisotopic (exact) mass is 423 g/mol. The predicted molar refractivity (Wildman–Crippen MR) is 108 cm³/mol. The third kappa shape index (κ3) is 3.94. The molecule has 1 heterocycles. The second kappa shape index (κ2) is 7.89. The number of hydrogen-bond donors (Lipinski definition) is 1. The van der Waals surface area contributed by atoms with E-state index in [9.17, 15) is 17.2 Å². The molecule has 1 fully saturated rings. The maximum atomic E-state index is 14.4. The van der Waals surface area contributed by atoms with Gasteiger partial charge in [0.25, 0.3) is 0 Å². The molecule has 29 heavy (non-hydrogen) atoms. The Hall–Kier alpha value is -2.23. The van der Waals surface area contributed by atoms with Crippen molar-refractivity contribution >= 4 is 27.3 Å². The molecule has 0 spiro atoms. The van der Waals surface area contributed by atoms with Crippen LogP contribution >= 0.6 is 0 Å². The Morgan fingerprint density at radius 2 is 1.86 bits per heavy atom. The van der Waals surface area contributed by atoms with E-state index >= 15 is 0 Å². The van der Waals surface area contributed by atoms with Gasteiger partial charge in [-0.2, -0.15) is 8.42 Å². The Morgan fingerprint density at radius 1 is 1.14 bits per heavy atom. The van der Waals surface area contributed by atoms with E-state index in [2.05, 4.69) is 5.32 Å². The maximum absolute atomic E-state index is 14.4. The van der Waals surface area contributed by atoms with Crippen LogP contribution in [0, 0.1) is 11.6 Å². The molecule has 1 aliphatic carbocycles. The number of anilines is 3. The molecular formula is C20H23F2N3O3S. The van der Waals surface area contributed by atoms with Crippen LogP contribution in [-0.2, 0) is 14.9 Å². The van der Waals surface area contributed by atoms with E-state index < -0.39 is 21.8 Å². The molecule has 0 amide bonds. The van der Waals surface area contributed by atoms with Gasteiger partial charge in [0, 0.05) is 32.3 Å². The minimum absolute atomic E-state index is 0.155. The van der Waals surface area contributed by atoms with E-state index in [1.165, 1.54) is 4.31 Å². The van der Waals surface area contributed by atoms with Crippen LogP contribution in [-0.4, -0.2) is 40.8 Å². The van der Waals surface area contributed by atoms with Crippen LogP contribution in [0.25, 0.3) is 0 Å². The highest BCUT2D eigenvalue weighted by molar-refractivity contribution is 7.95. The largest absolute Gasteiger partial charge is 0.380 e. The number of hydrogen-bond acceptors (Lipinski definition) is 4. The molecule has 1 aliphatic heterocycles. The number of nitrogens with zero attached hydrogens (tertiary/aromatic N) is 2. The van der Waals surface area contributed by atoms with Gasteiger partial charge in [-0.3, -0.25) is 4.31 Å². The lowest BCUT2D eigenvalue weighted by atomic mass is 10.2. The Morgan fingerprint density at radius 3 is 2.55 bits per heavy atom. The molecule has 0 radical (unpaired) electrons. The van der Waals surface area contributed by atoms with E-state index in [1.54, 1.807) is 31.4 Å². The average molecular weight is 423 g/mol. The summed E-state index contributed by atoms with van der Waals surface area (Å²) in [6.07, 6.45) is 2.61. The van der Waals surface area contributed by atoms with Crippen molar-refractivity contribution in [3.63, 3.8) is 0 Å². The Balaban J connectivity index is 1.62.